The standard InChI is InChI=1S/C22H24F4N4O4S.C11H12F4N2/c23-18-13-15(22(24,25)26)1-3-20(18)28-5-7-30(8-6-28)21(31)17-14-16(35(27,32)33)2-4-19(17)29-9-11-34-12-10-29;12-9-7-8(11(13,14)15)1-2-10(9)17-5-3-16-4-6-17/h1-4,13-14H,5-12H2,(H2,27,32,33);1-2,7,16H,3-6H2. The molecule has 52 heavy (non-hydrogen) atoms. The number of piperazine rings is 2. The fourth-order valence-electron chi connectivity index (χ4n) is 6.05. The van der Waals surface area contributed by atoms with Gasteiger partial charge >= 0.3 is 12.4 Å². The van der Waals surface area contributed by atoms with Crippen LogP contribution in [0.3, 0.4) is 0 Å². The van der Waals surface area contributed by atoms with E-state index < -0.39 is 51.0 Å². The van der Waals surface area contributed by atoms with Crippen LogP contribution in [0.4, 0.5) is 52.2 Å². The van der Waals surface area contributed by atoms with Crippen molar-refractivity contribution in [2.45, 2.75) is 17.2 Å². The monoisotopic (exact) mass is 764 g/mol. The number of halogens is 8. The molecule has 3 heterocycles. The number of carbonyl (C=O) groups is 1. The molecule has 3 aromatic carbocycles. The Labute approximate surface area is 294 Å². The van der Waals surface area contributed by atoms with Crippen molar-refractivity contribution in [1.82, 2.24) is 10.2 Å². The predicted octanol–water partition coefficient (Wildman–Crippen LogP) is 4.55. The molecule has 0 unspecified atom stereocenters. The Bertz CT molecular complexity index is 1840. The first-order chi connectivity index (χ1) is 24.4. The van der Waals surface area contributed by atoms with Crippen molar-refractivity contribution in [2.75, 3.05) is 93.4 Å². The summed E-state index contributed by atoms with van der Waals surface area (Å²) >= 11 is 0. The molecule has 0 aromatic heterocycles. The number of primary sulfonamides is 1. The van der Waals surface area contributed by atoms with Gasteiger partial charge in [0.05, 0.1) is 46.2 Å². The highest BCUT2D eigenvalue weighted by atomic mass is 32.2. The van der Waals surface area contributed by atoms with E-state index in [0.29, 0.717) is 70.3 Å². The van der Waals surface area contributed by atoms with Crippen LogP contribution in [-0.4, -0.2) is 97.9 Å². The topological polar surface area (TPSA) is 111 Å². The molecule has 3 fully saturated rings. The van der Waals surface area contributed by atoms with Crippen LogP contribution in [0.15, 0.2) is 59.5 Å². The average molecular weight is 765 g/mol. The lowest BCUT2D eigenvalue weighted by atomic mass is 10.1. The Balaban J connectivity index is 0.000000257. The Hall–Kier alpha value is -4.20. The molecule has 0 bridgehead atoms. The number of morpholine rings is 1. The molecule has 3 saturated heterocycles. The summed E-state index contributed by atoms with van der Waals surface area (Å²) in [6, 6.07) is 9.19. The zero-order chi connectivity index (χ0) is 37.8. The first-order valence-corrected chi connectivity index (χ1v) is 17.7. The summed E-state index contributed by atoms with van der Waals surface area (Å²) in [5.74, 6) is -2.22. The highest BCUT2D eigenvalue weighted by Crippen LogP contribution is 2.34. The number of sulfonamides is 1. The molecule has 0 aliphatic carbocycles. The smallest absolute Gasteiger partial charge is 0.378 e. The molecule has 0 radical (unpaired) electrons. The van der Waals surface area contributed by atoms with Crippen molar-refractivity contribution < 1.29 is 53.1 Å². The zero-order valence-corrected chi connectivity index (χ0v) is 28.4. The van der Waals surface area contributed by atoms with E-state index in [1.54, 1.807) is 15.9 Å². The second-order valence-corrected chi connectivity index (χ2v) is 13.7. The number of ether oxygens (including phenoxy) is 1. The van der Waals surface area contributed by atoms with Gasteiger partial charge in [-0.2, -0.15) is 26.3 Å². The minimum absolute atomic E-state index is 0.0235. The molecule has 3 N–H and O–H groups in total. The number of anilines is 3. The summed E-state index contributed by atoms with van der Waals surface area (Å²) in [5.41, 5.74) is -1.03. The molecule has 284 valence electrons. The highest BCUT2D eigenvalue weighted by molar-refractivity contribution is 7.89. The number of nitrogens with two attached hydrogens (primary N) is 1. The van der Waals surface area contributed by atoms with E-state index in [4.69, 9.17) is 9.88 Å². The summed E-state index contributed by atoms with van der Waals surface area (Å²) in [5, 5.41) is 8.36. The SMILES string of the molecule is Fc1cc(C(F)(F)F)ccc1N1CCNCC1.NS(=O)(=O)c1ccc(N2CCOCC2)c(C(=O)N2CCN(c3ccc(C(F)(F)F)cc3F)CC2)c1. The van der Waals surface area contributed by atoms with Crippen LogP contribution in [0.25, 0.3) is 0 Å². The fourth-order valence-corrected chi connectivity index (χ4v) is 6.59. The van der Waals surface area contributed by atoms with Gasteiger partial charge in [0.2, 0.25) is 10.0 Å². The molecule has 0 saturated carbocycles. The van der Waals surface area contributed by atoms with Crippen LogP contribution >= 0.6 is 0 Å². The van der Waals surface area contributed by atoms with Crippen molar-refractivity contribution in [1.29, 1.82) is 0 Å². The van der Waals surface area contributed by atoms with Gasteiger partial charge in [-0.25, -0.2) is 22.3 Å². The first kappa shape index (κ1) is 39.0. The van der Waals surface area contributed by atoms with Crippen LogP contribution < -0.4 is 25.2 Å². The lowest BCUT2D eigenvalue weighted by Crippen LogP contribution is -2.49. The van der Waals surface area contributed by atoms with Gasteiger partial charge in [-0.15, -0.1) is 0 Å². The number of benzene rings is 3. The molecule has 3 aliphatic heterocycles. The second kappa shape index (κ2) is 15.8. The van der Waals surface area contributed by atoms with E-state index in [1.807, 2.05) is 4.90 Å². The van der Waals surface area contributed by atoms with Crippen molar-refractivity contribution in [3.63, 3.8) is 0 Å². The summed E-state index contributed by atoms with van der Waals surface area (Å²) in [6.07, 6.45) is -9.14. The number of amides is 1. The van der Waals surface area contributed by atoms with Crippen LogP contribution in [0.1, 0.15) is 21.5 Å². The number of rotatable bonds is 5. The predicted molar refractivity (Wildman–Crippen MR) is 177 cm³/mol. The van der Waals surface area contributed by atoms with Crippen LogP contribution in [0.5, 0.6) is 0 Å². The van der Waals surface area contributed by atoms with Crippen LogP contribution in [0.2, 0.25) is 0 Å². The summed E-state index contributed by atoms with van der Waals surface area (Å²) in [4.78, 5) is 20.0. The van der Waals surface area contributed by atoms with Gasteiger partial charge in [-0.1, -0.05) is 0 Å². The lowest BCUT2D eigenvalue weighted by molar-refractivity contribution is -0.138. The first-order valence-electron chi connectivity index (χ1n) is 16.2. The van der Waals surface area contributed by atoms with E-state index in [9.17, 15) is 48.3 Å². The highest BCUT2D eigenvalue weighted by Gasteiger charge is 2.34. The van der Waals surface area contributed by atoms with Gasteiger partial charge in [0.25, 0.3) is 5.91 Å². The van der Waals surface area contributed by atoms with Crippen molar-refractivity contribution >= 4 is 33.0 Å². The maximum absolute atomic E-state index is 14.4. The number of carbonyl (C=O) groups excluding carboxylic acids is 1. The quantitative estimate of drug-likeness (QED) is 0.365. The molecule has 6 rings (SSSR count). The van der Waals surface area contributed by atoms with E-state index in [1.165, 1.54) is 23.1 Å². The minimum atomic E-state index is -4.64. The number of nitrogens with zero attached hydrogens (tertiary/aromatic N) is 4. The lowest BCUT2D eigenvalue weighted by Gasteiger charge is -2.37. The third-order valence-electron chi connectivity index (χ3n) is 8.79. The van der Waals surface area contributed by atoms with Crippen molar-refractivity contribution in [2.24, 2.45) is 5.14 Å². The fraction of sp³-hybridized carbons (Fsp3) is 0.424. The van der Waals surface area contributed by atoms with Crippen molar-refractivity contribution in [3.8, 4) is 0 Å². The Morgan fingerprint density at radius 1 is 0.654 bits per heavy atom. The number of hydrogen-bond acceptors (Lipinski definition) is 8. The minimum Gasteiger partial charge on any atom is -0.378 e. The largest absolute Gasteiger partial charge is 0.416 e. The number of hydrogen-bond donors (Lipinski definition) is 2. The van der Waals surface area contributed by atoms with Gasteiger partial charge in [0.1, 0.15) is 11.6 Å². The molecule has 3 aliphatic rings. The van der Waals surface area contributed by atoms with Crippen molar-refractivity contribution in [3.05, 3.63) is 82.9 Å². The van der Waals surface area contributed by atoms with Gasteiger partial charge in [0, 0.05) is 71.1 Å². The van der Waals surface area contributed by atoms with E-state index in [2.05, 4.69) is 5.32 Å². The van der Waals surface area contributed by atoms with Gasteiger partial charge in [0.15, 0.2) is 0 Å². The molecule has 3 aromatic rings. The molecule has 10 nitrogen and oxygen atoms in total. The molecule has 0 atom stereocenters. The third-order valence-corrected chi connectivity index (χ3v) is 9.71. The maximum Gasteiger partial charge on any atom is 0.416 e. The Kier molecular flexibility index (Phi) is 11.9. The van der Waals surface area contributed by atoms with E-state index >= 15 is 0 Å². The number of alkyl halides is 6. The zero-order valence-electron chi connectivity index (χ0n) is 27.6. The van der Waals surface area contributed by atoms with Crippen LogP contribution in [0, 0.1) is 11.6 Å². The summed E-state index contributed by atoms with van der Waals surface area (Å²) in [7, 11) is -4.04. The molecular formula is C33H36F8N6O4S. The molecule has 0 spiro atoms. The van der Waals surface area contributed by atoms with Gasteiger partial charge < -0.3 is 29.7 Å². The maximum atomic E-state index is 14.4. The normalized spacial score (nSPS) is 17.5. The van der Waals surface area contributed by atoms with Gasteiger partial charge in [-0.3, -0.25) is 4.79 Å². The van der Waals surface area contributed by atoms with Crippen LogP contribution in [-0.2, 0) is 27.1 Å². The van der Waals surface area contributed by atoms with E-state index in [0.717, 1.165) is 18.2 Å². The molecule has 1 amide bonds. The Morgan fingerprint density at radius 2 is 1.12 bits per heavy atom. The second-order valence-electron chi connectivity index (χ2n) is 12.2. The molecular weight excluding hydrogens is 728 g/mol. The number of nitrogens with one attached hydrogen (secondary N) is 1. The average Bonchev–Trinajstić information content (AvgIpc) is 3.11. The summed E-state index contributed by atoms with van der Waals surface area (Å²) < 4.78 is 133. The third kappa shape index (κ3) is 9.42. The van der Waals surface area contributed by atoms with E-state index in [-0.39, 0.29) is 48.0 Å². The summed E-state index contributed by atoms with van der Waals surface area (Å²) in [6.45, 7) is 5.30. The van der Waals surface area contributed by atoms with Gasteiger partial charge in [-0.05, 0) is 54.6 Å². The Morgan fingerprint density at radius 3 is 1.58 bits per heavy atom. The molecule has 19 heteroatoms.